The van der Waals surface area contributed by atoms with Gasteiger partial charge in [0.1, 0.15) is 17.4 Å². The Hall–Kier alpha value is -2.61. The number of hydrogen-bond donors (Lipinski definition) is 0. The lowest BCUT2D eigenvalue weighted by Gasteiger charge is -2.02. The van der Waals surface area contributed by atoms with E-state index in [0.29, 0.717) is 11.3 Å². The second-order valence-electron chi connectivity index (χ2n) is 3.55. The number of carbonyl (C=O) groups excluding carboxylic acids is 2. The third kappa shape index (κ3) is 4.64. The molecule has 19 heavy (non-hydrogen) atoms. The minimum absolute atomic E-state index is 0.0814. The normalized spacial score (nSPS) is 10.5. The molecule has 0 aliphatic heterocycles. The van der Waals surface area contributed by atoms with Gasteiger partial charge in [-0.1, -0.05) is 12.1 Å². The zero-order valence-corrected chi connectivity index (χ0v) is 10.7. The fourth-order valence-electron chi connectivity index (χ4n) is 1.31. The summed E-state index contributed by atoms with van der Waals surface area (Å²) >= 11 is 0. The van der Waals surface area contributed by atoms with Crippen LogP contribution in [0.2, 0.25) is 0 Å². The Bertz CT molecular complexity index is 538. The second kappa shape index (κ2) is 6.97. The number of rotatable bonds is 4. The van der Waals surface area contributed by atoms with Crippen molar-refractivity contribution in [1.29, 1.82) is 5.26 Å². The van der Waals surface area contributed by atoms with Crippen LogP contribution in [0.4, 0.5) is 0 Å². The van der Waals surface area contributed by atoms with Gasteiger partial charge in [0, 0.05) is 6.92 Å². The van der Waals surface area contributed by atoms with Crippen LogP contribution in [-0.2, 0) is 14.3 Å². The second-order valence-corrected chi connectivity index (χ2v) is 3.55. The summed E-state index contributed by atoms with van der Waals surface area (Å²) in [6.45, 7) is 3.19. The lowest BCUT2D eigenvalue weighted by atomic mass is 10.1. The molecule has 0 aromatic heterocycles. The number of esters is 2. The molecule has 1 rings (SSSR count). The quantitative estimate of drug-likeness (QED) is 0.358. The summed E-state index contributed by atoms with van der Waals surface area (Å²) < 4.78 is 9.61. The Labute approximate surface area is 111 Å². The maximum atomic E-state index is 11.4. The molecular formula is C14H13NO4. The molecule has 0 heterocycles. The van der Waals surface area contributed by atoms with Crippen LogP contribution in [0.1, 0.15) is 19.4 Å². The smallest absolute Gasteiger partial charge is 0.348 e. The molecule has 0 unspecified atom stereocenters. The Morgan fingerprint density at radius 3 is 2.42 bits per heavy atom. The van der Waals surface area contributed by atoms with Gasteiger partial charge in [-0.2, -0.15) is 5.26 Å². The fraction of sp³-hybridized carbons (Fsp3) is 0.214. The van der Waals surface area contributed by atoms with E-state index in [9.17, 15) is 9.59 Å². The van der Waals surface area contributed by atoms with E-state index in [2.05, 4.69) is 0 Å². The van der Waals surface area contributed by atoms with Crippen molar-refractivity contribution in [2.45, 2.75) is 13.8 Å². The lowest BCUT2D eigenvalue weighted by molar-refractivity contribution is -0.138. The van der Waals surface area contributed by atoms with E-state index < -0.39 is 11.9 Å². The largest absolute Gasteiger partial charge is 0.462 e. The standard InChI is InChI=1S/C14H13NO4/c1-3-18-14(17)12(9-15)8-11-4-6-13(7-5-11)19-10(2)16/h4-8H,3H2,1-2H3/b12-8-. The SMILES string of the molecule is CCOC(=O)/C(C#N)=C\c1ccc(OC(C)=O)cc1. The van der Waals surface area contributed by atoms with Crippen LogP contribution < -0.4 is 4.74 Å². The summed E-state index contributed by atoms with van der Waals surface area (Å²) in [7, 11) is 0. The van der Waals surface area contributed by atoms with E-state index in [1.807, 2.05) is 0 Å². The summed E-state index contributed by atoms with van der Waals surface area (Å²) in [6, 6.07) is 8.20. The van der Waals surface area contributed by atoms with Gasteiger partial charge in [0.15, 0.2) is 0 Å². The number of ether oxygens (including phenoxy) is 2. The molecule has 1 aromatic rings. The molecule has 0 N–H and O–H groups in total. The van der Waals surface area contributed by atoms with E-state index in [0.717, 1.165) is 0 Å². The van der Waals surface area contributed by atoms with E-state index in [1.54, 1.807) is 37.3 Å². The van der Waals surface area contributed by atoms with Gasteiger partial charge in [0.25, 0.3) is 0 Å². The first-order valence-electron chi connectivity index (χ1n) is 5.64. The monoisotopic (exact) mass is 259 g/mol. The maximum absolute atomic E-state index is 11.4. The molecular weight excluding hydrogens is 246 g/mol. The van der Waals surface area contributed by atoms with E-state index in [-0.39, 0.29) is 12.2 Å². The molecule has 1 aromatic carbocycles. The minimum Gasteiger partial charge on any atom is -0.462 e. The van der Waals surface area contributed by atoms with Crippen LogP contribution in [0, 0.1) is 11.3 Å². The highest BCUT2D eigenvalue weighted by Gasteiger charge is 2.09. The van der Waals surface area contributed by atoms with Gasteiger partial charge in [-0.15, -0.1) is 0 Å². The van der Waals surface area contributed by atoms with E-state index in [4.69, 9.17) is 14.7 Å². The molecule has 0 aliphatic carbocycles. The van der Waals surface area contributed by atoms with Crippen molar-refractivity contribution in [3.63, 3.8) is 0 Å². The predicted molar refractivity (Wildman–Crippen MR) is 68.0 cm³/mol. The summed E-state index contributed by atoms with van der Waals surface area (Å²) in [6.07, 6.45) is 1.41. The lowest BCUT2D eigenvalue weighted by Crippen LogP contribution is -2.06. The van der Waals surface area contributed by atoms with Crippen LogP contribution >= 0.6 is 0 Å². The van der Waals surface area contributed by atoms with E-state index in [1.165, 1.54) is 13.0 Å². The van der Waals surface area contributed by atoms with Crippen LogP contribution in [0.25, 0.3) is 6.08 Å². The van der Waals surface area contributed by atoms with Crippen LogP contribution in [0.15, 0.2) is 29.8 Å². The summed E-state index contributed by atoms with van der Waals surface area (Å²) in [5, 5.41) is 8.87. The van der Waals surface area contributed by atoms with Crippen molar-refractivity contribution in [2.75, 3.05) is 6.61 Å². The average Bonchev–Trinajstić information content (AvgIpc) is 2.37. The molecule has 5 heteroatoms. The summed E-state index contributed by atoms with van der Waals surface area (Å²) in [5.41, 5.74) is 0.558. The molecule has 0 saturated carbocycles. The highest BCUT2D eigenvalue weighted by Crippen LogP contribution is 2.15. The zero-order valence-electron chi connectivity index (χ0n) is 10.7. The van der Waals surface area contributed by atoms with Crippen molar-refractivity contribution in [3.05, 3.63) is 35.4 Å². The Balaban J connectivity index is 2.88. The molecule has 98 valence electrons. The first-order chi connectivity index (χ1) is 9.06. The average molecular weight is 259 g/mol. The van der Waals surface area contributed by atoms with Gasteiger partial charge in [0.05, 0.1) is 6.61 Å². The van der Waals surface area contributed by atoms with Crippen LogP contribution in [0.5, 0.6) is 5.75 Å². The number of nitriles is 1. The number of benzene rings is 1. The predicted octanol–water partition coefficient (Wildman–Crippen LogP) is 2.08. The molecule has 0 atom stereocenters. The van der Waals surface area contributed by atoms with Gasteiger partial charge in [-0.05, 0) is 30.7 Å². The number of carbonyl (C=O) groups is 2. The first-order valence-corrected chi connectivity index (χ1v) is 5.64. The van der Waals surface area contributed by atoms with Gasteiger partial charge in [-0.25, -0.2) is 4.79 Å². The highest BCUT2D eigenvalue weighted by molar-refractivity contribution is 5.97. The molecule has 0 saturated heterocycles. The highest BCUT2D eigenvalue weighted by atomic mass is 16.5. The third-order valence-corrected chi connectivity index (χ3v) is 2.07. The van der Waals surface area contributed by atoms with Gasteiger partial charge < -0.3 is 9.47 Å². The molecule has 0 amide bonds. The fourth-order valence-corrected chi connectivity index (χ4v) is 1.31. The zero-order chi connectivity index (χ0) is 14.3. The van der Waals surface area contributed by atoms with Crippen molar-refractivity contribution < 1.29 is 19.1 Å². The van der Waals surface area contributed by atoms with Crippen molar-refractivity contribution >= 4 is 18.0 Å². The van der Waals surface area contributed by atoms with E-state index >= 15 is 0 Å². The Morgan fingerprint density at radius 2 is 1.95 bits per heavy atom. The minimum atomic E-state index is -0.658. The number of nitrogens with zero attached hydrogens (tertiary/aromatic N) is 1. The summed E-state index contributed by atoms with van der Waals surface area (Å²) in [5.74, 6) is -0.666. The molecule has 0 fully saturated rings. The van der Waals surface area contributed by atoms with Crippen LogP contribution in [0.3, 0.4) is 0 Å². The van der Waals surface area contributed by atoms with Gasteiger partial charge in [-0.3, -0.25) is 4.79 Å². The molecule has 0 radical (unpaired) electrons. The number of hydrogen-bond acceptors (Lipinski definition) is 5. The van der Waals surface area contributed by atoms with Gasteiger partial charge in [0.2, 0.25) is 0 Å². The molecule has 0 spiro atoms. The Morgan fingerprint density at radius 1 is 1.32 bits per heavy atom. The topological polar surface area (TPSA) is 76.4 Å². The molecule has 0 aliphatic rings. The molecule has 5 nitrogen and oxygen atoms in total. The third-order valence-electron chi connectivity index (χ3n) is 2.07. The summed E-state index contributed by atoms with van der Waals surface area (Å²) in [4.78, 5) is 22.2. The molecule has 0 bridgehead atoms. The first kappa shape index (κ1) is 14.5. The van der Waals surface area contributed by atoms with Gasteiger partial charge >= 0.3 is 11.9 Å². The van der Waals surface area contributed by atoms with Crippen molar-refractivity contribution in [1.82, 2.24) is 0 Å². The van der Waals surface area contributed by atoms with Crippen LogP contribution in [-0.4, -0.2) is 18.5 Å². The maximum Gasteiger partial charge on any atom is 0.348 e. The Kier molecular flexibility index (Phi) is 5.30. The van der Waals surface area contributed by atoms with Crippen molar-refractivity contribution in [3.8, 4) is 11.8 Å². The van der Waals surface area contributed by atoms with Crippen molar-refractivity contribution in [2.24, 2.45) is 0 Å².